The van der Waals surface area contributed by atoms with E-state index in [-0.39, 0.29) is 17.8 Å². The molecule has 186 valence electrons. The highest BCUT2D eigenvalue weighted by Gasteiger charge is 2.21. The van der Waals surface area contributed by atoms with Crippen molar-refractivity contribution < 1.29 is 4.79 Å². The molecule has 2 aromatic carbocycles. The van der Waals surface area contributed by atoms with Crippen molar-refractivity contribution in [3.05, 3.63) is 53.1 Å². The number of amides is 1. The van der Waals surface area contributed by atoms with Gasteiger partial charge in [0.15, 0.2) is 11.9 Å². The van der Waals surface area contributed by atoms with Gasteiger partial charge in [-0.05, 0) is 61.4 Å². The van der Waals surface area contributed by atoms with Gasteiger partial charge in [0.2, 0.25) is 0 Å². The summed E-state index contributed by atoms with van der Waals surface area (Å²) in [6, 6.07) is 12.0. The van der Waals surface area contributed by atoms with Crippen molar-refractivity contribution >= 4 is 34.9 Å². The lowest BCUT2D eigenvalue weighted by atomic mass is 10.1. The van der Waals surface area contributed by atoms with Crippen LogP contribution in [-0.4, -0.2) is 80.0 Å². The van der Waals surface area contributed by atoms with Crippen molar-refractivity contribution in [3.8, 4) is 0 Å². The number of anilines is 3. The predicted molar refractivity (Wildman–Crippen MR) is 142 cm³/mol. The normalized spacial score (nSPS) is 16.3. The lowest BCUT2D eigenvalue weighted by molar-refractivity contribution is 0.102. The van der Waals surface area contributed by atoms with Crippen LogP contribution in [0.25, 0.3) is 0 Å². The van der Waals surface area contributed by atoms with Crippen LogP contribution in [0.5, 0.6) is 0 Å². The summed E-state index contributed by atoms with van der Waals surface area (Å²) in [7, 11) is 0. The monoisotopic (exact) mass is 477 g/mol. The highest BCUT2D eigenvalue weighted by atomic mass is 16.1. The van der Waals surface area contributed by atoms with Gasteiger partial charge in [-0.15, -0.1) is 0 Å². The Balaban J connectivity index is 1.39. The number of guanidine groups is 2. The van der Waals surface area contributed by atoms with Gasteiger partial charge in [-0.25, -0.2) is 0 Å². The van der Waals surface area contributed by atoms with Gasteiger partial charge in [0.05, 0.1) is 0 Å². The summed E-state index contributed by atoms with van der Waals surface area (Å²) in [5.74, 6) is 0.117. The maximum absolute atomic E-state index is 13.1. The van der Waals surface area contributed by atoms with Crippen molar-refractivity contribution in [3.63, 3.8) is 0 Å². The zero-order valence-electron chi connectivity index (χ0n) is 20.5. The van der Waals surface area contributed by atoms with E-state index in [1.807, 2.05) is 47.9 Å². The SMILES string of the molecule is Cc1cc(N2CCN(C(=N)N)CC2)ccc1NC(=O)c1ccc(N2CCN(C(=N)N)CC2)cc1C. The molecule has 10 heteroatoms. The number of nitrogens with zero attached hydrogens (tertiary/aromatic N) is 4. The van der Waals surface area contributed by atoms with E-state index < -0.39 is 0 Å². The maximum atomic E-state index is 13.1. The third-order valence-electron chi connectivity index (χ3n) is 6.88. The number of nitrogens with one attached hydrogen (secondary N) is 3. The number of rotatable bonds is 4. The van der Waals surface area contributed by atoms with E-state index in [0.29, 0.717) is 5.56 Å². The lowest BCUT2D eigenvalue weighted by Crippen LogP contribution is -2.50. The molecule has 4 rings (SSSR count). The molecule has 0 saturated carbocycles. The first-order valence-electron chi connectivity index (χ1n) is 11.9. The van der Waals surface area contributed by atoms with Crippen molar-refractivity contribution in [2.75, 3.05) is 67.5 Å². The quantitative estimate of drug-likeness (QED) is 0.332. The molecule has 0 atom stereocenters. The molecule has 10 nitrogen and oxygen atoms in total. The minimum atomic E-state index is -0.124. The number of nitrogens with two attached hydrogens (primary N) is 2. The summed E-state index contributed by atoms with van der Waals surface area (Å²) in [6.45, 7) is 10.1. The summed E-state index contributed by atoms with van der Waals surface area (Å²) < 4.78 is 0. The van der Waals surface area contributed by atoms with Crippen molar-refractivity contribution in [2.24, 2.45) is 11.5 Å². The molecule has 0 unspecified atom stereocenters. The van der Waals surface area contributed by atoms with Crippen molar-refractivity contribution in [1.82, 2.24) is 9.80 Å². The minimum Gasteiger partial charge on any atom is -0.370 e. The second-order valence-electron chi connectivity index (χ2n) is 9.17. The van der Waals surface area contributed by atoms with E-state index in [1.54, 1.807) is 0 Å². The summed E-state index contributed by atoms with van der Waals surface area (Å²) in [5.41, 5.74) is 16.7. The molecular weight excluding hydrogens is 442 g/mol. The lowest BCUT2D eigenvalue weighted by Gasteiger charge is -2.36. The van der Waals surface area contributed by atoms with Gasteiger partial charge >= 0.3 is 0 Å². The smallest absolute Gasteiger partial charge is 0.255 e. The maximum Gasteiger partial charge on any atom is 0.255 e. The second kappa shape index (κ2) is 10.1. The van der Waals surface area contributed by atoms with Gasteiger partial charge in [0.1, 0.15) is 0 Å². The summed E-state index contributed by atoms with van der Waals surface area (Å²) in [5, 5.41) is 18.2. The van der Waals surface area contributed by atoms with Crippen LogP contribution >= 0.6 is 0 Å². The van der Waals surface area contributed by atoms with Crippen LogP contribution in [0, 0.1) is 24.7 Å². The standard InChI is InChI=1S/C25H35N9O/c1-17-15-19(31-7-11-33(12-8-31)24(26)27)3-5-21(17)23(35)30-22-6-4-20(16-18(22)2)32-9-13-34(14-10-32)25(28)29/h3-6,15-16H,7-14H2,1-2H3,(H3,26,27)(H3,28,29)(H,30,35). The fourth-order valence-corrected chi connectivity index (χ4v) is 4.68. The molecule has 2 saturated heterocycles. The van der Waals surface area contributed by atoms with Crippen molar-refractivity contribution in [1.29, 1.82) is 10.8 Å². The molecule has 7 N–H and O–H groups in total. The van der Waals surface area contributed by atoms with Gasteiger partial charge in [0.25, 0.3) is 5.91 Å². The van der Waals surface area contributed by atoms with Gasteiger partial charge in [-0.1, -0.05) is 0 Å². The van der Waals surface area contributed by atoms with Gasteiger partial charge in [-0.2, -0.15) is 0 Å². The molecule has 2 aromatic rings. The molecule has 0 spiro atoms. The Labute approximate surface area is 206 Å². The van der Waals surface area contributed by atoms with E-state index in [1.165, 1.54) is 0 Å². The first kappa shape index (κ1) is 24.2. The number of piperazine rings is 2. The van der Waals surface area contributed by atoms with E-state index in [0.717, 1.165) is 80.5 Å². The summed E-state index contributed by atoms with van der Waals surface area (Å²) in [6.07, 6.45) is 0. The number of benzene rings is 2. The molecule has 0 bridgehead atoms. The van der Waals surface area contributed by atoms with Gasteiger partial charge < -0.3 is 36.4 Å². The van der Waals surface area contributed by atoms with Crippen LogP contribution in [0.3, 0.4) is 0 Å². The summed E-state index contributed by atoms with van der Waals surface area (Å²) >= 11 is 0. The highest BCUT2D eigenvalue weighted by Crippen LogP contribution is 2.26. The van der Waals surface area contributed by atoms with Crippen LogP contribution in [-0.2, 0) is 0 Å². The molecule has 0 aromatic heterocycles. The number of hydrogen-bond donors (Lipinski definition) is 5. The number of carbonyl (C=O) groups excluding carboxylic acids is 1. The minimum absolute atomic E-state index is 0.117. The average molecular weight is 478 g/mol. The van der Waals surface area contributed by atoms with Crippen LogP contribution < -0.4 is 26.6 Å². The molecule has 1 amide bonds. The van der Waals surface area contributed by atoms with Crippen molar-refractivity contribution in [2.45, 2.75) is 13.8 Å². The Morgan fingerprint density at radius 2 is 1.20 bits per heavy atom. The van der Waals surface area contributed by atoms with E-state index in [4.69, 9.17) is 22.3 Å². The molecule has 0 aliphatic carbocycles. The average Bonchev–Trinajstić information content (AvgIpc) is 2.85. The Hall–Kier alpha value is -3.95. The van der Waals surface area contributed by atoms with E-state index in [9.17, 15) is 4.79 Å². The summed E-state index contributed by atoms with van der Waals surface area (Å²) in [4.78, 5) is 21.3. The number of aryl methyl sites for hydroxylation is 2. The molecule has 2 aliphatic rings. The number of carbonyl (C=O) groups is 1. The Kier molecular flexibility index (Phi) is 6.99. The molecule has 2 heterocycles. The second-order valence-corrected chi connectivity index (χ2v) is 9.17. The van der Waals surface area contributed by atoms with Crippen LogP contribution in [0.15, 0.2) is 36.4 Å². The Bertz CT molecular complexity index is 1120. The molecule has 2 aliphatic heterocycles. The Morgan fingerprint density at radius 3 is 1.63 bits per heavy atom. The zero-order chi connectivity index (χ0) is 25.1. The fourth-order valence-electron chi connectivity index (χ4n) is 4.68. The number of hydrogen-bond acceptors (Lipinski definition) is 5. The molecular formula is C25H35N9O. The van der Waals surface area contributed by atoms with Crippen LogP contribution in [0.4, 0.5) is 17.1 Å². The largest absolute Gasteiger partial charge is 0.370 e. The molecule has 35 heavy (non-hydrogen) atoms. The van der Waals surface area contributed by atoms with Gasteiger partial charge in [-0.3, -0.25) is 15.6 Å². The molecule has 0 radical (unpaired) electrons. The predicted octanol–water partition coefficient (Wildman–Crippen LogP) is 1.59. The first-order chi connectivity index (χ1) is 16.7. The third-order valence-corrected chi connectivity index (χ3v) is 6.88. The Morgan fingerprint density at radius 1 is 0.743 bits per heavy atom. The van der Waals surface area contributed by atoms with Gasteiger partial charge in [0, 0.05) is 75.0 Å². The highest BCUT2D eigenvalue weighted by molar-refractivity contribution is 6.06. The first-order valence-corrected chi connectivity index (χ1v) is 11.9. The zero-order valence-corrected chi connectivity index (χ0v) is 20.5. The topological polar surface area (TPSA) is 142 Å². The van der Waals surface area contributed by atoms with E-state index in [2.05, 4.69) is 27.2 Å². The molecule has 2 fully saturated rings. The van der Waals surface area contributed by atoms with E-state index >= 15 is 0 Å². The third kappa shape index (κ3) is 5.42. The van der Waals surface area contributed by atoms with Crippen LogP contribution in [0.2, 0.25) is 0 Å². The van der Waals surface area contributed by atoms with Crippen LogP contribution in [0.1, 0.15) is 21.5 Å². The fraction of sp³-hybridized carbons (Fsp3) is 0.400.